The van der Waals surface area contributed by atoms with Gasteiger partial charge in [0.15, 0.2) is 0 Å². The molecule has 2 aromatic heterocycles. The fourth-order valence-corrected chi connectivity index (χ4v) is 1.50. The Balaban J connectivity index is 1.73. The molecule has 0 aliphatic rings. The molecule has 0 aromatic carbocycles. The summed E-state index contributed by atoms with van der Waals surface area (Å²) >= 11 is 0. The van der Waals surface area contributed by atoms with Gasteiger partial charge in [0.1, 0.15) is 5.82 Å². The number of hydrogen-bond donors (Lipinski definition) is 2. The van der Waals surface area contributed by atoms with Crippen molar-refractivity contribution in [2.24, 2.45) is 0 Å². The number of imidazole rings is 1. The van der Waals surface area contributed by atoms with E-state index in [1.807, 2.05) is 0 Å². The fourth-order valence-electron chi connectivity index (χ4n) is 1.50. The molecule has 2 rings (SSSR count). The predicted octanol–water partition coefficient (Wildman–Crippen LogP) is 1.31. The van der Waals surface area contributed by atoms with Gasteiger partial charge < -0.3 is 10.3 Å². The fraction of sp³-hybridized carbons (Fsp3) is 0.250. The molecule has 0 spiro atoms. The molecule has 2 heterocycles. The second kappa shape index (κ2) is 5.90. The lowest BCUT2D eigenvalue weighted by molar-refractivity contribution is 0.0952. The second-order valence-corrected chi connectivity index (χ2v) is 3.76. The minimum atomic E-state index is -0.593. The molecule has 0 aliphatic carbocycles. The summed E-state index contributed by atoms with van der Waals surface area (Å²) in [5, 5.41) is 2.74. The highest BCUT2D eigenvalue weighted by Crippen LogP contribution is 1.99. The third-order valence-electron chi connectivity index (χ3n) is 2.42. The highest BCUT2D eigenvalue weighted by Gasteiger charge is 2.05. The van der Waals surface area contributed by atoms with Gasteiger partial charge in [-0.2, -0.15) is 4.39 Å². The van der Waals surface area contributed by atoms with Crippen LogP contribution >= 0.6 is 0 Å². The van der Waals surface area contributed by atoms with Crippen molar-refractivity contribution in [1.29, 1.82) is 0 Å². The lowest BCUT2D eigenvalue weighted by Gasteiger charge is -2.03. The Kier molecular flexibility index (Phi) is 4.01. The highest BCUT2D eigenvalue weighted by molar-refractivity contribution is 5.93. The van der Waals surface area contributed by atoms with E-state index in [2.05, 4.69) is 20.3 Å². The lowest BCUT2D eigenvalue weighted by Crippen LogP contribution is -2.25. The summed E-state index contributed by atoms with van der Waals surface area (Å²) < 4.78 is 12.6. The summed E-state index contributed by atoms with van der Waals surface area (Å²) in [5.41, 5.74) is 0.356. The third-order valence-corrected chi connectivity index (χ3v) is 2.42. The number of nitrogens with zero attached hydrogens (tertiary/aromatic N) is 2. The molecule has 0 saturated carbocycles. The summed E-state index contributed by atoms with van der Waals surface area (Å²) in [4.78, 5) is 22.1. The monoisotopic (exact) mass is 248 g/mol. The number of amides is 1. The van der Waals surface area contributed by atoms with Crippen molar-refractivity contribution in [2.75, 3.05) is 6.54 Å². The summed E-state index contributed by atoms with van der Waals surface area (Å²) in [6, 6.07) is 2.57. The molecule has 0 saturated heterocycles. The van der Waals surface area contributed by atoms with Crippen molar-refractivity contribution in [2.45, 2.75) is 12.8 Å². The first-order valence-electron chi connectivity index (χ1n) is 5.64. The van der Waals surface area contributed by atoms with Crippen LogP contribution in [0.1, 0.15) is 22.6 Å². The van der Waals surface area contributed by atoms with Gasteiger partial charge in [-0.05, 0) is 18.6 Å². The van der Waals surface area contributed by atoms with E-state index in [1.54, 1.807) is 12.4 Å². The predicted molar refractivity (Wildman–Crippen MR) is 63.4 cm³/mol. The van der Waals surface area contributed by atoms with Gasteiger partial charge in [0, 0.05) is 31.6 Å². The van der Waals surface area contributed by atoms with E-state index in [1.165, 1.54) is 12.3 Å². The molecule has 2 aromatic rings. The van der Waals surface area contributed by atoms with Crippen LogP contribution in [0, 0.1) is 5.95 Å². The number of aromatic amines is 1. The molecule has 0 radical (unpaired) electrons. The molecule has 0 aliphatic heterocycles. The molecule has 5 nitrogen and oxygen atoms in total. The van der Waals surface area contributed by atoms with Crippen molar-refractivity contribution < 1.29 is 9.18 Å². The van der Waals surface area contributed by atoms with Crippen molar-refractivity contribution in [3.63, 3.8) is 0 Å². The average molecular weight is 248 g/mol. The number of hydrogen-bond acceptors (Lipinski definition) is 3. The molecule has 18 heavy (non-hydrogen) atoms. The molecule has 6 heteroatoms. The maximum absolute atomic E-state index is 12.6. The smallest absolute Gasteiger partial charge is 0.252 e. The number of aromatic nitrogens is 3. The summed E-state index contributed by atoms with van der Waals surface area (Å²) in [6.45, 7) is 0.539. The standard InChI is InChI=1S/C12H13FN4O/c13-10-4-3-9(8-17-10)12(18)16-5-1-2-11-14-6-7-15-11/h3-4,6-8H,1-2,5H2,(H,14,15)(H,16,18). The molecule has 0 fully saturated rings. The van der Waals surface area contributed by atoms with Crippen LogP contribution in [0.15, 0.2) is 30.7 Å². The Bertz CT molecular complexity index is 495. The van der Waals surface area contributed by atoms with Gasteiger partial charge >= 0.3 is 0 Å². The van der Waals surface area contributed by atoms with Gasteiger partial charge in [0.05, 0.1) is 5.56 Å². The number of carbonyl (C=O) groups excluding carboxylic acids is 1. The first kappa shape index (κ1) is 12.2. The Labute approximate surface area is 103 Å². The average Bonchev–Trinajstić information content (AvgIpc) is 2.88. The van der Waals surface area contributed by atoms with Gasteiger partial charge in [-0.3, -0.25) is 4.79 Å². The zero-order valence-electron chi connectivity index (χ0n) is 9.69. The summed E-state index contributed by atoms with van der Waals surface area (Å²) in [5.74, 6) is 0.0546. The van der Waals surface area contributed by atoms with E-state index in [-0.39, 0.29) is 5.91 Å². The van der Waals surface area contributed by atoms with Gasteiger partial charge in [0.2, 0.25) is 5.95 Å². The van der Waals surface area contributed by atoms with Crippen LogP contribution < -0.4 is 5.32 Å². The highest BCUT2D eigenvalue weighted by atomic mass is 19.1. The Morgan fingerprint density at radius 2 is 2.28 bits per heavy atom. The molecular formula is C12H13FN4O. The number of rotatable bonds is 5. The molecular weight excluding hydrogens is 235 g/mol. The number of pyridine rings is 1. The van der Waals surface area contributed by atoms with Gasteiger partial charge in [-0.25, -0.2) is 9.97 Å². The zero-order chi connectivity index (χ0) is 12.8. The van der Waals surface area contributed by atoms with E-state index < -0.39 is 5.95 Å². The summed E-state index contributed by atoms with van der Waals surface area (Å²) in [7, 11) is 0. The minimum absolute atomic E-state index is 0.248. The van der Waals surface area contributed by atoms with E-state index in [0.717, 1.165) is 24.7 Å². The zero-order valence-corrected chi connectivity index (χ0v) is 9.69. The van der Waals surface area contributed by atoms with E-state index in [9.17, 15) is 9.18 Å². The van der Waals surface area contributed by atoms with Gasteiger partial charge in [-0.1, -0.05) is 0 Å². The minimum Gasteiger partial charge on any atom is -0.352 e. The van der Waals surface area contributed by atoms with Gasteiger partial charge in [-0.15, -0.1) is 0 Å². The first-order chi connectivity index (χ1) is 8.75. The largest absolute Gasteiger partial charge is 0.352 e. The van der Waals surface area contributed by atoms with Gasteiger partial charge in [0.25, 0.3) is 5.91 Å². The van der Waals surface area contributed by atoms with Crippen LogP contribution in [-0.4, -0.2) is 27.4 Å². The van der Waals surface area contributed by atoms with Crippen LogP contribution in [0.3, 0.4) is 0 Å². The Morgan fingerprint density at radius 3 is 2.94 bits per heavy atom. The summed E-state index contributed by atoms with van der Waals surface area (Å²) in [6.07, 6.45) is 6.23. The number of H-pyrrole nitrogens is 1. The molecule has 2 N–H and O–H groups in total. The maximum atomic E-state index is 12.6. The molecule has 0 unspecified atom stereocenters. The Morgan fingerprint density at radius 1 is 1.39 bits per heavy atom. The van der Waals surface area contributed by atoms with E-state index in [4.69, 9.17) is 0 Å². The first-order valence-corrected chi connectivity index (χ1v) is 5.64. The Hall–Kier alpha value is -2.24. The van der Waals surface area contributed by atoms with E-state index >= 15 is 0 Å². The number of aryl methyl sites for hydroxylation is 1. The molecule has 1 amide bonds. The molecule has 0 atom stereocenters. The van der Waals surface area contributed by atoms with Crippen LogP contribution in [0.5, 0.6) is 0 Å². The van der Waals surface area contributed by atoms with Crippen molar-refractivity contribution in [3.05, 3.63) is 48.1 Å². The lowest BCUT2D eigenvalue weighted by atomic mass is 10.2. The molecule has 0 bridgehead atoms. The van der Waals surface area contributed by atoms with Crippen molar-refractivity contribution >= 4 is 5.91 Å². The van der Waals surface area contributed by atoms with Crippen LogP contribution in [0.4, 0.5) is 4.39 Å². The number of halogens is 1. The van der Waals surface area contributed by atoms with Crippen LogP contribution in [0.2, 0.25) is 0 Å². The normalized spacial score (nSPS) is 10.3. The maximum Gasteiger partial charge on any atom is 0.252 e. The number of carbonyl (C=O) groups is 1. The van der Waals surface area contributed by atoms with Crippen molar-refractivity contribution in [1.82, 2.24) is 20.3 Å². The van der Waals surface area contributed by atoms with Crippen LogP contribution in [-0.2, 0) is 6.42 Å². The van der Waals surface area contributed by atoms with Crippen molar-refractivity contribution in [3.8, 4) is 0 Å². The molecule has 94 valence electrons. The van der Waals surface area contributed by atoms with Crippen LogP contribution in [0.25, 0.3) is 0 Å². The third kappa shape index (κ3) is 3.38. The quantitative estimate of drug-likeness (QED) is 0.619. The number of nitrogens with one attached hydrogen (secondary N) is 2. The van der Waals surface area contributed by atoms with E-state index in [0.29, 0.717) is 12.1 Å². The topological polar surface area (TPSA) is 70.7 Å². The second-order valence-electron chi connectivity index (χ2n) is 3.76. The SMILES string of the molecule is O=C(NCCCc1ncc[nH]1)c1ccc(F)nc1.